The van der Waals surface area contributed by atoms with Crippen molar-refractivity contribution in [3.05, 3.63) is 42.0 Å². The Morgan fingerprint density at radius 1 is 1.37 bits per heavy atom. The van der Waals surface area contributed by atoms with Gasteiger partial charge in [-0.05, 0) is 37.9 Å². The van der Waals surface area contributed by atoms with E-state index in [1.807, 2.05) is 29.3 Å². The Kier molecular flexibility index (Phi) is 3.55. The summed E-state index contributed by atoms with van der Waals surface area (Å²) in [4.78, 5) is 6.74. The second-order valence-electron chi connectivity index (χ2n) is 4.96. The molecule has 5 heteroatoms. The Bertz CT molecular complexity index is 522. The molecule has 1 unspecified atom stereocenters. The van der Waals surface area contributed by atoms with Crippen molar-refractivity contribution >= 4 is 0 Å². The van der Waals surface area contributed by atoms with Gasteiger partial charge in [0.1, 0.15) is 0 Å². The van der Waals surface area contributed by atoms with E-state index in [4.69, 9.17) is 0 Å². The van der Waals surface area contributed by atoms with Crippen LogP contribution in [0.2, 0.25) is 0 Å². The molecule has 0 radical (unpaired) electrons. The molecule has 2 aromatic rings. The summed E-state index contributed by atoms with van der Waals surface area (Å²) in [5, 5.41) is 8.11. The van der Waals surface area contributed by atoms with E-state index in [9.17, 15) is 0 Å². The molecule has 0 spiro atoms. The molecule has 3 rings (SSSR count). The first-order valence-corrected chi connectivity index (χ1v) is 6.90. The first-order valence-electron chi connectivity index (χ1n) is 6.90. The number of nitrogens with zero attached hydrogens (tertiary/aromatic N) is 5. The summed E-state index contributed by atoms with van der Waals surface area (Å²) in [5.74, 6) is 0. The smallest absolute Gasteiger partial charge is 0.0738 e. The molecule has 1 aliphatic heterocycles. The van der Waals surface area contributed by atoms with E-state index in [-0.39, 0.29) is 0 Å². The van der Waals surface area contributed by atoms with Gasteiger partial charge >= 0.3 is 0 Å². The molecule has 100 valence electrons. The number of rotatable bonds is 4. The monoisotopic (exact) mass is 257 g/mol. The summed E-state index contributed by atoms with van der Waals surface area (Å²) in [6.07, 6.45) is 8.14. The number of likely N-dealkylation sites (tertiary alicyclic amines) is 1. The molecule has 1 atom stereocenters. The van der Waals surface area contributed by atoms with Crippen LogP contribution in [0.3, 0.4) is 0 Å². The minimum absolute atomic E-state index is 0.480. The van der Waals surface area contributed by atoms with Crippen molar-refractivity contribution in [2.45, 2.75) is 38.9 Å². The fourth-order valence-electron chi connectivity index (χ4n) is 2.84. The van der Waals surface area contributed by atoms with Crippen LogP contribution in [0.5, 0.6) is 0 Å². The van der Waals surface area contributed by atoms with Crippen LogP contribution >= 0.6 is 0 Å². The van der Waals surface area contributed by atoms with Crippen LogP contribution in [0.25, 0.3) is 0 Å². The number of hydrogen-bond donors (Lipinski definition) is 0. The van der Waals surface area contributed by atoms with Crippen molar-refractivity contribution in [3.8, 4) is 0 Å². The Morgan fingerprint density at radius 3 is 3.11 bits per heavy atom. The van der Waals surface area contributed by atoms with Crippen molar-refractivity contribution in [3.63, 3.8) is 0 Å². The Balaban J connectivity index is 1.77. The molecular formula is C14H19N5. The average molecular weight is 257 g/mol. The van der Waals surface area contributed by atoms with Crippen LogP contribution in [-0.4, -0.2) is 31.4 Å². The normalized spacial score (nSPS) is 19.9. The molecule has 1 fully saturated rings. The predicted molar refractivity (Wildman–Crippen MR) is 72.3 cm³/mol. The molecule has 0 amide bonds. The van der Waals surface area contributed by atoms with E-state index in [0.717, 1.165) is 19.6 Å². The molecule has 5 nitrogen and oxygen atoms in total. The van der Waals surface area contributed by atoms with Crippen LogP contribution in [0.1, 0.15) is 37.1 Å². The van der Waals surface area contributed by atoms with E-state index in [1.54, 1.807) is 0 Å². The highest BCUT2D eigenvalue weighted by Gasteiger charge is 2.26. The lowest BCUT2D eigenvalue weighted by Gasteiger charge is -2.24. The van der Waals surface area contributed by atoms with Gasteiger partial charge in [0.25, 0.3) is 0 Å². The lowest BCUT2D eigenvalue weighted by atomic mass is 10.1. The van der Waals surface area contributed by atoms with Gasteiger partial charge in [-0.1, -0.05) is 11.3 Å². The van der Waals surface area contributed by atoms with E-state index < -0.39 is 0 Å². The van der Waals surface area contributed by atoms with E-state index >= 15 is 0 Å². The minimum atomic E-state index is 0.480. The maximum absolute atomic E-state index is 4.24. The molecule has 0 saturated carbocycles. The van der Waals surface area contributed by atoms with Crippen molar-refractivity contribution < 1.29 is 0 Å². The third kappa shape index (κ3) is 2.51. The Labute approximate surface area is 113 Å². The zero-order chi connectivity index (χ0) is 13.1. The number of hydrogen-bond acceptors (Lipinski definition) is 4. The molecule has 0 N–H and O–H groups in total. The molecule has 0 aliphatic carbocycles. The minimum Gasteiger partial charge on any atom is -0.290 e. The molecule has 1 aliphatic rings. The van der Waals surface area contributed by atoms with Gasteiger partial charge in [0.2, 0.25) is 0 Å². The first-order chi connectivity index (χ1) is 9.38. The summed E-state index contributed by atoms with van der Waals surface area (Å²) >= 11 is 0. The van der Waals surface area contributed by atoms with Gasteiger partial charge in [-0.2, -0.15) is 0 Å². The number of aryl methyl sites for hydroxylation is 1. The Morgan fingerprint density at radius 2 is 2.32 bits per heavy atom. The second kappa shape index (κ2) is 5.48. The van der Waals surface area contributed by atoms with Crippen LogP contribution in [-0.2, 0) is 13.1 Å². The van der Waals surface area contributed by atoms with Crippen molar-refractivity contribution in [2.75, 3.05) is 6.54 Å². The molecule has 0 bridgehead atoms. The van der Waals surface area contributed by atoms with E-state index in [0.29, 0.717) is 6.04 Å². The Hall–Kier alpha value is -1.75. The topological polar surface area (TPSA) is 46.8 Å². The van der Waals surface area contributed by atoms with Crippen molar-refractivity contribution in [2.24, 2.45) is 0 Å². The fourth-order valence-corrected chi connectivity index (χ4v) is 2.84. The van der Waals surface area contributed by atoms with Gasteiger partial charge in [-0.15, -0.1) is 5.10 Å². The van der Waals surface area contributed by atoms with Crippen LogP contribution in [0.15, 0.2) is 30.7 Å². The van der Waals surface area contributed by atoms with Gasteiger partial charge < -0.3 is 0 Å². The van der Waals surface area contributed by atoms with E-state index in [1.165, 1.54) is 24.1 Å². The van der Waals surface area contributed by atoms with Crippen LogP contribution < -0.4 is 0 Å². The molecular weight excluding hydrogens is 238 g/mol. The van der Waals surface area contributed by atoms with Gasteiger partial charge in [-0.25, -0.2) is 4.68 Å². The lowest BCUT2D eigenvalue weighted by molar-refractivity contribution is 0.240. The zero-order valence-corrected chi connectivity index (χ0v) is 11.2. The number of aromatic nitrogens is 4. The van der Waals surface area contributed by atoms with Gasteiger partial charge in [-0.3, -0.25) is 9.88 Å². The van der Waals surface area contributed by atoms with Gasteiger partial charge in [0, 0.05) is 31.5 Å². The zero-order valence-electron chi connectivity index (χ0n) is 11.2. The van der Waals surface area contributed by atoms with E-state index in [2.05, 4.69) is 33.2 Å². The SMILES string of the molecule is CCn1nncc1CN1CCCC1c1cccnc1. The quantitative estimate of drug-likeness (QED) is 0.841. The van der Waals surface area contributed by atoms with Crippen LogP contribution in [0.4, 0.5) is 0 Å². The molecule has 19 heavy (non-hydrogen) atoms. The standard InChI is InChI=1S/C14H19N5/c1-2-19-13(10-16-17-19)11-18-8-4-6-14(18)12-5-3-7-15-9-12/h3,5,7,9-10,14H,2,4,6,8,11H2,1H3. The van der Waals surface area contributed by atoms with Gasteiger partial charge in [0.15, 0.2) is 0 Å². The summed E-state index contributed by atoms with van der Waals surface area (Å²) in [6.45, 7) is 5.02. The highest BCUT2D eigenvalue weighted by Crippen LogP contribution is 2.32. The molecule has 1 saturated heterocycles. The van der Waals surface area contributed by atoms with Crippen molar-refractivity contribution in [1.29, 1.82) is 0 Å². The molecule has 0 aromatic carbocycles. The summed E-state index contributed by atoms with van der Waals surface area (Å²) < 4.78 is 1.97. The average Bonchev–Trinajstić information content (AvgIpc) is 3.09. The summed E-state index contributed by atoms with van der Waals surface area (Å²) in [7, 11) is 0. The highest BCUT2D eigenvalue weighted by molar-refractivity contribution is 5.15. The lowest BCUT2D eigenvalue weighted by Crippen LogP contribution is -2.24. The number of pyridine rings is 1. The maximum Gasteiger partial charge on any atom is 0.0738 e. The summed E-state index contributed by atoms with van der Waals surface area (Å²) in [6, 6.07) is 4.67. The van der Waals surface area contributed by atoms with Crippen molar-refractivity contribution in [1.82, 2.24) is 24.9 Å². The summed E-state index contributed by atoms with van der Waals surface area (Å²) in [5.41, 5.74) is 2.51. The highest BCUT2D eigenvalue weighted by atomic mass is 15.4. The molecule has 2 aromatic heterocycles. The molecule has 3 heterocycles. The first kappa shape index (κ1) is 12.3. The maximum atomic E-state index is 4.24. The second-order valence-corrected chi connectivity index (χ2v) is 4.96. The van der Waals surface area contributed by atoms with Gasteiger partial charge in [0.05, 0.1) is 11.9 Å². The predicted octanol–water partition coefficient (Wildman–Crippen LogP) is 2.03. The third-order valence-electron chi connectivity index (χ3n) is 3.80. The fraction of sp³-hybridized carbons (Fsp3) is 0.500. The third-order valence-corrected chi connectivity index (χ3v) is 3.80. The van der Waals surface area contributed by atoms with Crippen LogP contribution in [0, 0.1) is 0 Å². The largest absolute Gasteiger partial charge is 0.290 e.